The molecule has 1 aromatic heterocycles. The van der Waals surface area contributed by atoms with Crippen molar-refractivity contribution >= 4 is 0 Å². The molecule has 1 atom stereocenters. The van der Waals surface area contributed by atoms with Gasteiger partial charge in [-0.1, -0.05) is 6.92 Å². The van der Waals surface area contributed by atoms with Gasteiger partial charge in [-0.25, -0.2) is 0 Å². The summed E-state index contributed by atoms with van der Waals surface area (Å²) in [5, 5.41) is 7.76. The van der Waals surface area contributed by atoms with Gasteiger partial charge in [0.15, 0.2) is 0 Å². The molecule has 0 aliphatic carbocycles. The highest BCUT2D eigenvalue weighted by Gasteiger charge is 2.17. The zero-order valence-corrected chi connectivity index (χ0v) is 10.3. The standard InChI is InChI=1S/C12H22N4/c1-3-16(9-11-5-4-7-13-11)10-12-6-8-14-15(12)2/h6,8,11,13H,3-5,7,9-10H2,1-2H3. The molecule has 0 aromatic carbocycles. The van der Waals surface area contributed by atoms with E-state index in [9.17, 15) is 0 Å². The van der Waals surface area contributed by atoms with Crippen molar-refractivity contribution in [1.29, 1.82) is 0 Å². The maximum atomic E-state index is 4.21. The monoisotopic (exact) mass is 222 g/mol. The van der Waals surface area contributed by atoms with Crippen LogP contribution in [-0.4, -0.2) is 40.4 Å². The van der Waals surface area contributed by atoms with E-state index in [1.165, 1.54) is 25.1 Å². The highest BCUT2D eigenvalue weighted by Crippen LogP contribution is 2.09. The molecule has 4 nitrogen and oxygen atoms in total. The minimum atomic E-state index is 0.688. The molecule has 1 N–H and O–H groups in total. The second kappa shape index (κ2) is 5.46. The molecule has 0 bridgehead atoms. The molecule has 90 valence electrons. The van der Waals surface area contributed by atoms with Gasteiger partial charge in [-0.2, -0.15) is 5.10 Å². The fourth-order valence-electron chi connectivity index (χ4n) is 2.32. The van der Waals surface area contributed by atoms with Crippen LogP contribution >= 0.6 is 0 Å². The van der Waals surface area contributed by atoms with E-state index in [-0.39, 0.29) is 0 Å². The number of hydrogen-bond acceptors (Lipinski definition) is 3. The minimum absolute atomic E-state index is 0.688. The average Bonchev–Trinajstić information content (AvgIpc) is 2.90. The molecule has 1 aromatic rings. The van der Waals surface area contributed by atoms with Gasteiger partial charge in [-0.05, 0) is 32.0 Å². The zero-order chi connectivity index (χ0) is 11.4. The molecule has 16 heavy (non-hydrogen) atoms. The Labute approximate surface area is 97.6 Å². The Bertz CT molecular complexity index is 315. The summed E-state index contributed by atoms with van der Waals surface area (Å²) in [4.78, 5) is 2.49. The Hall–Kier alpha value is -0.870. The van der Waals surface area contributed by atoms with E-state index in [0.29, 0.717) is 6.04 Å². The van der Waals surface area contributed by atoms with E-state index in [1.54, 1.807) is 0 Å². The normalized spacial score (nSPS) is 20.8. The number of hydrogen-bond donors (Lipinski definition) is 1. The summed E-state index contributed by atoms with van der Waals surface area (Å²) in [5.41, 5.74) is 1.29. The molecule has 0 spiro atoms. The largest absolute Gasteiger partial charge is 0.313 e. The van der Waals surface area contributed by atoms with Crippen LogP contribution < -0.4 is 5.32 Å². The predicted octanol–water partition coefficient (Wildman–Crippen LogP) is 0.994. The number of aromatic nitrogens is 2. The third kappa shape index (κ3) is 2.83. The first-order valence-electron chi connectivity index (χ1n) is 6.22. The van der Waals surface area contributed by atoms with Gasteiger partial charge >= 0.3 is 0 Å². The van der Waals surface area contributed by atoms with Crippen molar-refractivity contribution in [2.75, 3.05) is 19.6 Å². The van der Waals surface area contributed by atoms with Gasteiger partial charge in [0.1, 0.15) is 0 Å². The Balaban J connectivity index is 1.87. The van der Waals surface area contributed by atoms with Crippen LogP contribution in [0.2, 0.25) is 0 Å². The highest BCUT2D eigenvalue weighted by molar-refractivity contribution is 4.99. The topological polar surface area (TPSA) is 33.1 Å². The fraction of sp³-hybridized carbons (Fsp3) is 0.750. The maximum absolute atomic E-state index is 4.21. The van der Waals surface area contributed by atoms with E-state index in [1.807, 2.05) is 17.9 Å². The molecule has 1 fully saturated rings. The van der Waals surface area contributed by atoms with Gasteiger partial charge in [0.05, 0.1) is 5.69 Å². The summed E-state index contributed by atoms with van der Waals surface area (Å²) in [5.74, 6) is 0. The molecule has 0 radical (unpaired) electrons. The first-order valence-corrected chi connectivity index (χ1v) is 6.22. The Kier molecular flexibility index (Phi) is 3.96. The summed E-state index contributed by atoms with van der Waals surface area (Å²) < 4.78 is 1.96. The summed E-state index contributed by atoms with van der Waals surface area (Å²) >= 11 is 0. The van der Waals surface area contributed by atoms with Gasteiger partial charge in [0.2, 0.25) is 0 Å². The number of aryl methyl sites for hydroxylation is 1. The van der Waals surface area contributed by atoms with Crippen molar-refractivity contribution < 1.29 is 0 Å². The summed E-state index contributed by atoms with van der Waals surface area (Å²) in [7, 11) is 2.01. The quantitative estimate of drug-likeness (QED) is 0.806. The molecule has 4 heteroatoms. The molecule has 0 saturated carbocycles. The van der Waals surface area contributed by atoms with Crippen molar-refractivity contribution in [2.45, 2.75) is 32.4 Å². The Morgan fingerprint density at radius 1 is 1.62 bits per heavy atom. The fourth-order valence-corrected chi connectivity index (χ4v) is 2.32. The van der Waals surface area contributed by atoms with Gasteiger partial charge < -0.3 is 5.32 Å². The van der Waals surface area contributed by atoms with Crippen molar-refractivity contribution in [1.82, 2.24) is 20.0 Å². The van der Waals surface area contributed by atoms with Crippen LogP contribution in [0.25, 0.3) is 0 Å². The first-order chi connectivity index (χ1) is 7.79. The third-order valence-corrected chi connectivity index (χ3v) is 3.40. The lowest BCUT2D eigenvalue weighted by molar-refractivity contribution is 0.247. The highest BCUT2D eigenvalue weighted by atomic mass is 15.3. The number of rotatable bonds is 5. The van der Waals surface area contributed by atoms with Crippen LogP contribution in [0.1, 0.15) is 25.5 Å². The summed E-state index contributed by atoms with van der Waals surface area (Å²) in [6.07, 6.45) is 4.52. The third-order valence-electron chi connectivity index (χ3n) is 3.40. The second-order valence-electron chi connectivity index (χ2n) is 4.57. The van der Waals surface area contributed by atoms with E-state index < -0.39 is 0 Å². The van der Waals surface area contributed by atoms with Crippen LogP contribution in [0.4, 0.5) is 0 Å². The van der Waals surface area contributed by atoms with Crippen LogP contribution in [0.5, 0.6) is 0 Å². The van der Waals surface area contributed by atoms with Gasteiger partial charge in [-0.3, -0.25) is 9.58 Å². The van der Waals surface area contributed by atoms with Crippen LogP contribution in [0, 0.1) is 0 Å². The number of likely N-dealkylation sites (N-methyl/N-ethyl adjacent to an activating group) is 1. The van der Waals surface area contributed by atoms with E-state index in [4.69, 9.17) is 0 Å². The lowest BCUT2D eigenvalue weighted by Gasteiger charge is -2.24. The average molecular weight is 222 g/mol. The Morgan fingerprint density at radius 2 is 2.50 bits per heavy atom. The van der Waals surface area contributed by atoms with Crippen LogP contribution in [-0.2, 0) is 13.6 Å². The lowest BCUT2D eigenvalue weighted by atomic mass is 10.2. The van der Waals surface area contributed by atoms with Gasteiger partial charge in [0, 0.05) is 32.4 Å². The van der Waals surface area contributed by atoms with Gasteiger partial charge in [0.25, 0.3) is 0 Å². The molecule has 2 heterocycles. The van der Waals surface area contributed by atoms with E-state index >= 15 is 0 Å². The van der Waals surface area contributed by atoms with E-state index in [2.05, 4.69) is 28.3 Å². The zero-order valence-electron chi connectivity index (χ0n) is 10.3. The summed E-state index contributed by atoms with van der Waals surface area (Å²) in [6.45, 7) is 6.68. The number of nitrogens with one attached hydrogen (secondary N) is 1. The maximum Gasteiger partial charge on any atom is 0.0521 e. The van der Waals surface area contributed by atoms with Crippen molar-refractivity contribution in [3.63, 3.8) is 0 Å². The Morgan fingerprint density at radius 3 is 3.06 bits per heavy atom. The van der Waals surface area contributed by atoms with Crippen LogP contribution in [0.15, 0.2) is 12.3 Å². The van der Waals surface area contributed by atoms with Gasteiger partial charge in [-0.15, -0.1) is 0 Å². The SMILES string of the molecule is CCN(Cc1ccnn1C)CC1CCCN1. The molecule has 1 aliphatic heterocycles. The smallest absolute Gasteiger partial charge is 0.0521 e. The molecule has 2 rings (SSSR count). The molecular weight excluding hydrogens is 200 g/mol. The second-order valence-corrected chi connectivity index (χ2v) is 4.57. The lowest BCUT2D eigenvalue weighted by Crippen LogP contribution is -2.37. The molecule has 1 aliphatic rings. The van der Waals surface area contributed by atoms with Crippen molar-refractivity contribution in [3.05, 3.63) is 18.0 Å². The van der Waals surface area contributed by atoms with E-state index in [0.717, 1.165) is 19.6 Å². The van der Waals surface area contributed by atoms with Crippen molar-refractivity contribution in [2.24, 2.45) is 7.05 Å². The first kappa shape index (κ1) is 11.6. The molecule has 0 amide bonds. The minimum Gasteiger partial charge on any atom is -0.313 e. The predicted molar refractivity (Wildman–Crippen MR) is 65.2 cm³/mol. The van der Waals surface area contributed by atoms with Crippen molar-refractivity contribution in [3.8, 4) is 0 Å². The summed E-state index contributed by atoms with van der Waals surface area (Å²) in [6, 6.07) is 2.79. The molecule has 1 unspecified atom stereocenters. The number of nitrogens with zero attached hydrogens (tertiary/aromatic N) is 3. The molecule has 1 saturated heterocycles. The molecular formula is C12H22N4. The van der Waals surface area contributed by atoms with Crippen LogP contribution in [0.3, 0.4) is 0 Å².